The molecular formula is C60H78Cl2N10O8. The fourth-order valence-electron chi connectivity index (χ4n) is 11.3. The Labute approximate surface area is 481 Å². The number of nitrogens with one attached hydrogen (secondary N) is 8. The van der Waals surface area contributed by atoms with Gasteiger partial charge in [0.2, 0.25) is 47.3 Å². The van der Waals surface area contributed by atoms with Crippen LogP contribution in [0.2, 0.25) is 0 Å². The van der Waals surface area contributed by atoms with E-state index in [0.29, 0.717) is 63.0 Å². The first-order valence-electron chi connectivity index (χ1n) is 27.8. The Morgan fingerprint density at radius 3 is 1.31 bits per heavy atom. The van der Waals surface area contributed by atoms with Gasteiger partial charge in [-0.05, 0) is 163 Å². The zero-order valence-corrected chi connectivity index (χ0v) is 47.8. The molecule has 0 saturated carbocycles. The number of nitrogens with zero attached hydrogens (tertiary/aromatic N) is 2. The number of likely N-dealkylation sites (N-methyl/N-ethyl adjacent to an activating group) is 2. The lowest BCUT2D eigenvalue weighted by atomic mass is 9.87. The maximum Gasteiger partial charge on any atom is 0.246 e. The van der Waals surface area contributed by atoms with E-state index in [1.807, 2.05) is 72.8 Å². The highest BCUT2D eigenvalue weighted by Gasteiger charge is 2.41. The van der Waals surface area contributed by atoms with Crippen molar-refractivity contribution in [3.8, 4) is 0 Å². The number of hydrogen-bond acceptors (Lipinski definition) is 10. The first-order chi connectivity index (χ1) is 37.7. The number of halogens is 2. The number of rotatable bonds is 21. The molecule has 2 aliphatic carbocycles. The summed E-state index contributed by atoms with van der Waals surface area (Å²) in [6, 6.07) is 25.3. The number of likely N-dealkylation sites (tertiary alicyclic amines) is 2. The van der Waals surface area contributed by atoms with Crippen LogP contribution in [0.15, 0.2) is 97.1 Å². The number of hydrogen-bond donors (Lipinski definition) is 8. The van der Waals surface area contributed by atoms with Crippen molar-refractivity contribution in [2.45, 2.75) is 152 Å². The molecule has 0 unspecified atom stereocenters. The molecule has 2 saturated heterocycles. The van der Waals surface area contributed by atoms with Crippen molar-refractivity contribution in [3.63, 3.8) is 0 Å². The number of carbonyl (C=O) groups excluding carboxylic acids is 8. The molecule has 0 radical (unpaired) electrons. The lowest BCUT2D eigenvalue weighted by Gasteiger charge is -2.31. The summed E-state index contributed by atoms with van der Waals surface area (Å²) >= 11 is 0. The molecule has 8 rings (SSSR count). The number of anilines is 2. The van der Waals surface area contributed by atoms with E-state index >= 15 is 0 Å². The van der Waals surface area contributed by atoms with Crippen molar-refractivity contribution in [1.29, 1.82) is 0 Å². The van der Waals surface area contributed by atoms with E-state index in [9.17, 15) is 38.4 Å². The zero-order chi connectivity index (χ0) is 55.3. The van der Waals surface area contributed by atoms with Crippen LogP contribution in [0.4, 0.5) is 11.4 Å². The molecule has 0 aromatic heterocycles. The average Bonchev–Trinajstić information content (AvgIpc) is 4.17. The van der Waals surface area contributed by atoms with Crippen LogP contribution in [0.5, 0.6) is 0 Å². The highest BCUT2D eigenvalue weighted by Crippen LogP contribution is 2.32. The van der Waals surface area contributed by atoms with Crippen LogP contribution in [-0.4, -0.2) is 120 Å². The Morgan fingerprint density at radius 2 is 0.912 bits per heavy atom. The van der Waals surface area contributed by atoms with Gasteiger partial charge in [0.05, 0.1) is 37.0 Å². The Morgan fingerprint density at radius 1 is 0.512 bits per heavy atom. The van der Waals surface area contributed by atoms with E-state index in [4.69, 9.17) is 0 Å². The van der Waals surface area contributed by atoms with Crippen molar-refractivity contribution in [2.24, 2.45) is 0 Å². The van der Waals surface area contributed by atoms with Crippen LogP contribution in [-0.2, 0) is 64.0 Å². The predicted molar refractivity (Wildman–Crippen MR) is 312 cm³/mol. The quantitative estimate of drug-likeness (QED) is 0.0520. The van der Waals surface area contributed by atoms with Gasteiger partial charge in [-0.1, -0.05) is 72.8 Å². The monoisotopic (exact) mass is 1140 g/mol. The van der Waals surface area contributed by atoms with E-state index in [1.165, 1.54) is 20.9 Å². The lowest BCUT2D eigenvalue weighted by molar-refractivity contribution is -0.142. The van der Waals surface area contributed by atoms with E-state index in [-0.39, 0.29) is 61.6 Å². The van der Waals surface area contributed by atoms with Gasteiger partial charge in [0.15, 0.2) is 0 Å². The molecule has 18 nitrogen and oxygen atoms in total. The summed E-state index contributed by atoms with van der Waals surface area (Å²) in [7, 11) is 3.26. The van der Waals surface area contributed by atoms with Crippen molar-refractivity contribution < 1.29 is 38.4 Å². The van der Waals surface area contributed by atoms with Gasteiger partial charge in [0.25, 0.3) is 0 Å². The van der Waals surface area contributed by atoms with Gasteiger partial charge in [-0.15, -0.1) is 24.8 Å². The first-order valence-corrected chi connectivity index (χ1v) is 27.8. The Balaban J connectivity index is 0.00000516. The topological polar surface area (TPSA) is 239 Å². The summed E-state index contributed by atoms with van der Waals surface area (Å²) in [6.45, 7) is 3.96. The lowest BCUT2D eigenvalue weighted by Crippen LogP contribution is -2.56. The molecule has 2 fully saturated rings. The largest absolute Gasteiger partial charge is 0.347 e. The molecule has 2 aliphatic heterocycles. The number of aryl methyl sites for hydroxylation is 4. The smallest absolute Gasteiger partial charge is 0.246 e. The molecule has 8 amide bonds. The summed E-state index contributed by atoms with van der Waals surface area (Å²) in [4.78, 5) is 113. The second-order valence-electron chi connectivity index (χ2n) is 21.2. The first kappa shape index (κ1) is 62.3. The molecule has 8 atom stereocenters. The summed E-state index contributed by atoms with van der Waals surface area (Å²) in [6.07, 6.45) is 7.96. The molecule has 4 aromatic rings. The highest BCUT2D eigenvalue weighted by molar-refractivity contribution is 6.00. The molecule has 0 spiro atoms. The molecule has 20 heteroatoms. The Hall–Kier alpha value is -6.86. The Bertz CT molecular complexity index is 2670. The summed E-state index contributed by atoms with van der Waals surface area (Å²) in [5.74, 6) is -3.36. The van der Waals surface area contributed by atoms with Crippen molar-refractivity contribution >= 4 is 83.4 Å². The van der Waals surface area contributed by atoms with Crippen LogP contribution in [0.25, 0.3) is 0 Å². The number of benzene rings is 4. The van der Waals surface area contributed by atoms with Crippen LogP contribution >= 0.6 is 24.8 Å². The maximum absolute atomic E-state index is 14.3. The van der Waals surface area contributed by atoms with Crippen LogP contribution in [0, 0.1) is 0 Å². The fraction of sp³-hybridized carbons (Fsp3) is 0.467. The van der Waals surface area contributed by atoms with E-state index < -0.39 is 71.7 Å². The second-order valence-corrected chi connectivity index (χ2v) is 21.2. The number of fused-ring (bicyclic) bond motifs is 2. The molecule has 0 bridgehead atoms. The minimum Gasteiger partial charge on any atom is -0.347 e. The summed E-state index contributed by atoms with van der Waals surface area (Å²) in [5.41, 5.74) is 7.41. The molecule has 80 heavy (non-hydrogen) atoms. The van der Waals surface area contributed by atoms with Gasteiger partial charge in [-0.3, -0.25) is 38.4 Å². The van der Waals surface area contributed by atoms with Crippen molar-refractivity contribution in [3.05, 3.63) is 130 Å². The van der Waals surface area contributed by atoms with Gasteiger partial charge in [-0.2, -0.15) is 0 Å². The molecule has 4 aromatic carbocycles. The van der Waals surface area contributed by atoms with Crippen LogP contribution in [0.1, 0.15) is 124 Å². The van der Waals surface area contributed by atoms with Crippen molar-refractivity contribution in [2.75, 3.05) is 37.8 Å². The molecule has 4 aliphatic rings. The fourth-order valence-corrected chi connectivity index (χ4v) is 11.3. The molecule has 430 valence electrons. The summed E-state index contributed by atoms with van der Waals surface area (Å²) in [5, 5.41) is 23.5. The van der Waals surface area contributed by atoms with Gasteiger partial charge >= 0.3 is 0 Å². The standard InChI is InChI=1S/C60H76N10O8.2ClH/c1-37(61-3)55(73)67-49(59(77)69-31-13-27-51(69)57(75)65-47-25-11-19-41-17-5-7-23-45(41)47)35-53(71)63-43-21-9-15-39(33-43)29-30-40-16-10-22-44(34-40)64-54(72)36-50(68-56(74)38(2)62-4)60(78)70-32-14-28-52(70)58(76)66-48-26-12-20-42-18-6-8-24-46(42)48;;/h5-10,15-18,21-24,33-34,37-38,47-52,61-62H,11-14,19-20,25-32,35-36H2,1-4H3,(H,63,71)(H,64,72)(H,65,75)(H,66,76)(H,67,73)(H,68,74);2*1H/t37-,38-,47-,48-,49-,50-,51-,52-;;/m0../s1. The number of amides is 8. The SMILES string of the molecule is CN[C@@H](C)C(=O)N[C@@H](CC(=O)Nc1cccc(CCc2cccc(NC(=O)C[C@H](NC(=O)[C@H](C)NC)C(=O)N3CCC[C@H]3C(=O)N[C@H]3CCCc4ccccc43)c2)c1)C(=O)N1CCC[C@H]1C(=O)N[C@H]1CCCc2ccccc21.Cl.Cl. The van der Waals surface area contributed by atoms with E-state index in [1.54, 1.807) is 40.1 Å². The molecular weight excluding hydrogens is 1060 g/mol. The van der Waals surface area contributed by atoms with Gasteiger partial charge in [0, 0.05) is 24.5 Å². The predicted octanol–water partition coefficient (Wildman–Crippen LogP) is 5.53. The van der Waals surface area contributed by atoms with Gasteiger partial charge < -0.3 is 52.3 Å². The average molecular weight is 1140 g/mol. The van der Waals surface area contributed by atoms with Crippen molar-refractivity contribution in [1.82, 2.24) is 41.7 Å². The molecule has 2 heterocycles. The second kappa shape index (κ2) is 29.6. The zero-order valence-electron chi connectivity index (χ0n) is 46.1. The maximum atomic E-state index is 14.3. The summed E-state index contributed by atoms with van der Waals surface area (Å²) < 4.78 is 0. The number of carbonyl (C=O) groups is 8. The third-order valence-corrected chi connectivity index (χ3v) is 15.8. The van der Waals surface area contributed by atoms with Gasteiger partial charge in [-0.25, -0.2) is 0 Å². The molecule has 8 N–H and O–H groups in total. The normalized spacial score (nSPS) is 19.6. The third kappa shape index (κ3) is 15.9. The minimum absolute atomic E-state index is 0. The third-order valence-electron chi connectivity index (χ3n) is 15.8. The highest BCUT2D eigenvalue weighted by atomic mass is 35.5. The van der Waals surface area contributed by atoms with Gasteiger partial charge in [0.1, 0.15) is 24.2 Å². The van der Waals surface area contributed by atoms with Crippen LogP contribution in [0.3, 0.4) is 0 Å². The Kier molecular flexibility index (Phi) is 23.0. The van der Waals surface area contributed by atoms with Crippen LogP contribution < -0.4 is 42.5 Å². The van der Waals surface area contributed by atoms with E-state index in [2.05, 4.69) is 54.7 Å². The minimum atomic E-state index is -1.22. The van der Waals surface area contributed by atoms with E-state index in [0.717, 1.165) is 60.8 Å².